The Labute approximate surface area is 200 Å². The molecule has 4 rings (SSSR count). The quantitative estimate of drug-likeness (QED) is 0.358. The first-order valence-corrected chi connectivity index (χ1v) is 10.7. The number of aryl methyl sites for hydroxylation is 1. The number of benzene rings is 2. The van der Waals surface area contributed by atoms with Crippen molar-refractivity contribution in [3.8, 4) is 11.8 Å². The molecule has 0 spiro atoms. The smallest absolute Gasteiger partial charge is 0.260 e. The summed E-state index contributed by atoms with van der Waals surface area (Å²) in [6, 6.07) is 12.2. The van der Waals surface area contributed by atoms with Gasteiger partial charge in [0.25, 0.3) is 5.91 Å². The first-order chi connectivity index (χ1) is 15.1. The molecule has 32 heavy (non-hydrogen) atoms. The molecule has 10 heteroatoms. The van der Waals surface area contributed by atoms with Crippen LogP contribution < -0.4 is 9.64 Å². The van der Waals surface area contributed by atoms with Gasteiger partial charge < -0.3 is 9.30 Å². The number of carbonyl (C=O) groups excluding carboxylic acids is 1. The van der Waals surface area contributed by atoms with E-state index in [9.17, 15) is 4.79 Å². The number of imidazole rings is 1. The first kappa shape index (κ1) is 23.5. The lowest BCUT2D eigenvalue weighted by atomic mass is 10.1. The summed E-state index contributed by atoms with van der Waals surface area (Å²) in [5.41, 5.74) is 1.61. The first-order valence-electron chi connectivity index (χ1n) is 9.51. The molecule has 1 amide bonds. The van der Waals surface area contributed by atoms with Crippen LogP contribution in [0.2, 0.25) is 5.02 Å². The molecule has 0 N–H and O–H groups in total. The van der Waals surface area contributed by atoms with Crippen molar-refractivity contribution in [1.29, 1.82) is 5.26 Å². The molecule has 4 aromatic rings. The van der Waals surface area contributed by atoms with E-state index in [1.165, 1.54) is 11.3 Å². The predicted molar refractivity (Wildman–Crippen MR) is 128 cm³/mol. The summed E-state index contributed by atoms with van der Waals surface area (Å²) in [6.45, 7) is 1.17. The van der Waals surface area contributed by atoms with Gasteiger partial charge in [-0.25, -0.2) is 9.97 Å². The molecule has 0 bridgehead atoms. The Balaban J connectivity index is 0.00000289. The van der Waals surface area contributed by atoms with Crippen LogP contribution in [-0.2, 0) is 6.54 Å². The van der Waals surface area contributed by atoms with Crippen molar-refractivity contribution in [1.82, 2.24) is 14.5 Å². The fourth-order valence-corrected chi connectivity index (χ4v) is 4.46. The van der Waals surface area contributed by atoms with E-state index in [0.29, 0.717) is 52.1 Å². The molecule has 2 aromatic heterocycles. The van der Waals surface area contributed by atoms with Crippen molar-refractivity contribution >= 4 is 56.6 Å². The second-order valence-corrected chi connectivity index (χ2v) is 8.11. The Kier molecular flexibility index (Phi) is 7.70. The minimum Gasteiger partial charge on any atom is -0.494 e. The van der Waals surface area contributed by atoms with Gasteiger partial charge in [0.15, 0.2) is 5.13 Å². The molecular weight excluding hydrogens is 469 g/mol. The van der Waals surface area contributed by atoms with E-state index >= 15 is 0 Å². The van der Waals surface area contributed by atoms with E-state index < -0.39 is 0 Å². The zero-order valence-corrected chi connectivity index (χ0v) is 19.5. The molecule has 0 fully saturated rings. The number of rotatable bonds is 7. The summed E-state index contributed by atoms with van der Waals surface area (Å²) < 4.78 is 8.15. The van der Waals surface area contributed by atoms with Crippen molar-refractivity contribution in [2.75, 3.05) is 18.6 Å². The van der Waals surface area contributed by atoms with Crippen LogP contribution in [0.1, 0.15) is 22.3 Å². The molecule has 0 saturated carbocycles. The van der Waals surface area contributed by atoms with Crippen LogP contribution in [0.25, 0.3) is 10.2 Å². The minimum absolute atomic E-state index is 0. The van der Waals surface area contributed by atoms with Crippen LogP contribution in [0.3, 0.4) is 0 Å². The van der Waals surface area contributed by atoms with Gasteiger partial charge in [-0.1, -0.05) is 22.9 Å². The van der Waals surface area contributed by atoms with E-state index in [0.717, 1.165) is 4.70 Å². The molecule has 0 aliphatic rings. The van der Waals surface area contributed by atoms with E-state index in [1.54, 1.807) is 60.9 Å². The largest absolute Gasteiger partial charge is 0.494 e. The SMILES string of the molecule is COc1ccc(Cl)c2sc(N(CCCn3ccnc3)C(=O)c3ccc(C#N)cc3)nc12.Cl. The topological polar surface area (TPSA) is 84.0 Å². The summed E-state index contributed by atoms with van der Waals surface area (Å²) in [5.74, 6) is 0.412. The van der Waals surface area contributed by atoms with E-state index in [2.05, 4.69) is 16.0 Å². The zero-order valence-electron chi connectivity index (χ0n) is 17.1. The maximum absolute atomic E-state index is 13.4. The van der Waals surface area contributed by atoms with Crippen molar-refractivity contribution in [3.63, 3.8) is 0 Å². The van der Waals surface area contributed by atoms with Crippen LogP contribution in [-0.4, -0.2) is 34.1 Å². The third-order valence-corrected chi connectivity index (χ3v) is 6.30. The van der Waals surface area contributed by atoms with Gasteiger partial charge in [-0.15, -0.1) is 12.4 Å². The van der Waals surface area contributed by atoms with Gasteiger partial charge in [0.05, 0.1) is 34.8 Å². The van der Waals surface area contributed by atoms with Crippen molar-refractivity contribution < 1.29 is 9.53 Å². The van der Waals surface area contributed by atoms with Crippen LogP contribution >= 0.6 is 35.3 Å². The highest BCUT2D eigenvalue weighted by Crippen LogP contribution is 2.39. The molecule has 0 unspecified atom stereocenters. The van der Waals surface area contributed by atoms with Gasteiger partial charge in [-0.2, -0.15) is 5.26 Å². The molecule has 164 valence electrons. The lowest BCUT2D eigenvalue weighted by molar-refractivity contribution is 0.0986. The van der Waals surface area contributed by atoms with Gasteiger partial charge >= 0.3 is 0 Å². The highest BCUT2D eigenvalue weighted by atomic mass is 35.5. The zero-order chi connectivity index (χ0) is 21.8. The number of carbonyl (C=O) groups is 1. The molecule has 7 nitrogen and oxygen atoms in total. The average molecular weight is 488 g/mol. The van der Waals surface area contributed by atoms with Crippen LogP contribution in [0, 0.1) is 11.3 Å². The van der Waals surface area contributed by atoms with E-state index in [1.807, 2.05) is 10.8 Å². The number of nitrogens with zero attached hydrogens (tertiary/aromatic N) is 5. The Morgan fingerprint density at radius 2 is 2.06 bits per heavy atom. The van der Waals surface area contributed by atoms with E-state index in [-0.39, 0.29) is 18.3 Å². The molecular formula is C22H19Cl2N5O2S. The van der Waals surface area contributed by atoms with Gasteiger partial charge in [0.1, 0.15) is 11.3 Å². The second kappa shape index (κ2) is 10.5. The van der Waals surface area contributed by atoms with Crippen molar-refractivity contribution in [2.24, 2.45) is 0 Å². The van der Waals surface area contributed by atoms with Crippen molar-refractivity contribution in [3.05, 3.63) is 71.3 Å². The normalized spacial score (nSPS) is 10.4. The Morgan fingerprint density at radius 3 is 2.72 bits per heavy atom. The Morgan fingerprint density at radius 1 is 1.28 bits per heavy atom. The third kappa shape index (κ3) is 4.86. The molecule has 0 saturated heterocycles. The molecule has 0 aliphatic heterocycles. The Hall–Kier alpha value is -3.12. The summed E-state index contributed by atoms with van der Waals surface area (Å²) >= 11 is 7.73. The van der Waals surface area contributed by atoms with Gasteiger partial charge in [-0.3, -0.25) is 9.69 Å². The number of nitriles is 1. The summed E-state index contributed by atoms with van der Waals surface area (Å²) in [4.78, 5) is 23.8. The van der Waals surface area contributed by atoms with Gasteiger partial charge in [-0.05, 0) is 42.8 Å². The van der Waals surface area contributed by atoms with Gasteiger partial charge in [0.2, 0.25) is 0 Å². The Bertz CT molecular complexity index is 1250. The second-order valence-electron chi connectivity index (χ2n) is 6.72. The molecule has 2 aromatic carbocycles. The fourth-order valence-electron chi connectivity index (χ4n) is 3.18. The van der Waals surface area contributed by atoms with Crippen LogP contribution in [0.15, 0.2) is 55.1 Å². The number of halogens is 2. The number of fused-ring (bicyclic) bond motifs is 1. The molecule has 0 radical (unpaired) electrons. The highest BCUT2D eigenvalue weighted by Gasteiger charge is 2.23. The number of amides is 1. The maximum Gasteiger partial charge on any atom is 0.260 e. The monoisotopic (exact) mass is 487 g/mol. The predicted octanol–water partition coefficient (Wildman–Crippen LogP) is 5.19. The summed E-state index contributed by atoms with van der Waals surface area (Å²) in [7, 11) is 1.58. The summed E-state index contributed by atoms with van der Waals surface area (Å²) in [5, 5.41) is 10.1. The molecule has 0 atom stereocenters. The number of anilines is 1. The van der Waals surface area contributed by atoms with Crippen molar-refractivity contribution in [2.45, 2.75) is 13.0 Å². The average Bonchev–Trinajstić information content (AvgIpc) is 3.47. The molecule has 2 heterocycles. The van der Waals surface area contributed by atoms with E-state index in [4.69, 9.17) is 21.6 Å². The third-order valence-electron chi connectivity index (χ3n) is 4.76. The fraction of sp³-hybridized carbons (Fsp3) is 0.182. The van der Waals surface area contributed by atoms with Crippen LogP contribution in [0.4, 0.5) is 5.13 Å². The number of thiazole rings is 1. The van der Waals surface area contributed by atoms with Crippen LogP contribution in [0.5, 0.6) is 5.75 Å². The standard InChI is InChI=1S/C22H18ClN5O2S.ClH/c1-30-18-8-7-17(23)20-19(18)26-22(31-20)28(11-2-10-27-12-9-25-14-27)21(29)16-5-3-15(13-24)4-6-16;/h3-9,12,14H,2,10-11H2,1H3;1H. The highest BCUT2D eigenvalue weighted by molar-refractivity contribution is 7.23. The van der Waals surface area contributed by atoms with Gasteiger partial charge in [0, 0.05) is 31.0 Å². The number of aromatic nitrogens is 3. The number of hydrogen-bond donors (Lipinski definition) is 0. The molecule has 0 aliphatic carbocycles. The lowest BCUT2D eigenvalue weighted by Crippen LogP contribution is -2.32. The lowest BCUT2D eigenvalue weighted by Gasteiger charge is -2.20. The summed E-state index contributed by atoms with van der Waals surface area (Å²) in [6.07, 6.45) is 6.06. The maximum atomic E-state index is 13.4. The number of ether oxygens (including phenoxy) is 1. The minimum atomic E-state index is -0.190. The number of hydrogen-bond acceptors (Lipinski definition) is 6. The number of methoxy groups -OCH3 is 1.